The lowest BCUT2D eigenvalue weighted by Gasteiger charge is -2.27. The van der Waals surface area contributed by atoms with Crippen molar-refractivity contribution in [2.75, 3.05) is 20.8 Å². The number of benzene rings is 1. The van der Waals surface area contributed by atoms with Crippen LogP contribution in [0.4, 0.5) is 0 Å². The van der Waals surface area contributed by atoms with Gasteiger partial charge >= 0.3 is 0 Å². The fourth-order valence-corrected chi connectivity index (χ4v) is 2.20. The van der Waals surface area contributed by atoms with E-state index in [9.17, 15) is 4.79 Å². The highest BCUT2D eigenvalue weighted by Gasteiger charge is 2.46. The number of halogens is 1. The first-order chi connectivity index (χ1) is 9.82. The molecule has 0 unspecified atom stereocenters. The molecule has 0 radical (unpaired) electrons. The minimum atomic E-state index is -0.631. The van der Waals surface area contributed by atoms with Crippen molar-refractivity contribution in [2.24, 2.45) is 5.73 Å². The minimum Gasteiger partial charge on any atom is -0.493 e. The van der Waals surface area contributed by atoms with E-state index in [1.165, 1.54) is 0 Å². The zero-order chi connectivity index (χ0) is 15.7. The van der Waals surface area contributed by atoms with E-state index in [-0.39, 0.29) is 23.7 Å². The predicted octanol–water partition coefficient (Wildman–Crippen LogP) is 2.01. The van der Waals surface area contributed by atoms with Gasteiger partial charge in [0, 0.05) is 12.0 Å². The standard InChI is InChI=1S/C16H24N2O3.ClH/c1-15(2,10-18-14(19)16(17)7-8-16)11-5-6-12(20-3)13(9-11)21-4;/h5-6,9H,7-8,10,17H2,1-4H3,(H,18,19);1H. The summed E-state index contributed by atoms with van der Waals surface area (Å²) in [6, 6.07) is 5.81. The van der Waals surface area contributed by atoms with Gasteiger partial charge in [-0.2, -0.15) is 0 Å². The van der Waals surface area contributed by atoms with Crippen LogP contribution in [0, 0.1) is 0 Å². The van der Waals surface area contributed by atoms with E-state index in [0.29, 0.717) is 18.0 Å². The van der Waals surface area contributed by atoms with Gasteiger partial charge in [-0.3, -0.25) is 4.79 Å². The van der Waals surface area contributed by atoms with E-state index in [1.54, 1.807) is 14.2 Å². The lowest BCUT2D eigenvalue weighted by molar-refractivity contribution is -0.123. The third-order valence-electron chi connectivity index (χ3n) is 4.10. The number of hydrogen-bond acceptors (Lipinski definition) is 4. The molecule has 0 saturated heterocycles. The summed E-state index contributed by atoms with van der Waals surface area (Å²) in [7, 11) is 3.22. The predicted molar refractivity (Wildman–Crippen MR) is 89.0 cm³/mol. The Morgan fingerprint density at radius 3 is 2.36 bits per heavy atom. The number of nitrogens with one attached hydrogen (secondary N) is 1. The number of amides is 1. The van der Waals surface area contributed by atoms with Crippen LogP contribution in [0.2, 0.25) is 0 Å². The topological polar surface area (TPSA) is 73.6 Å². The highest BCUT2D eigenvalue weighted by Crippen LogP contribution is 2.34. The number of methoxy groups -OCH3 is 2. The zero-order valence-corrected chi connectivity index (χ0v) is 14.4. The van der Waals surface area contributed by atoms with Crippen LogP contribution in [-0.4, -0.2) is 32.2 Å². The summed E-state index contributed by atoms with van der Waals surface area (Å²) in [6.07, 6.45) is 1.55. The quantitative estimate of drug-likeness (QED) is 0.837. The molecule has 0 spiro atoms. The zero-order valence-electron chi connectivity index (χ0n) is 13.6. The second kappa shape index (κ2) is 6.75. The van der Waals surface area contributed by atoms with Crippen molar-refractivity contribution >= 4 is 18.3 Å². The molecule has 1 aromatic rings. The normalized spacial score (nSPS) is 15.5. The molecule has 1 aliphatic carbocycles. The van der Waals surface area contributed by atoms with Gasteiger partial charge in [0.2, 0.25) is 5.91 Å². The van der Waals surface area contributed by atoms with Crippen molar-refractivity contribution < 1.29 is 14.3 Å². The van der Waals surface area contributed by atoms with E-state index in [1.807, 2.05) is 18.2 Å². The maximum absolute atomic E-state index is 11.9. The third-order valence-corrected chi connectivity index (χ3v) is 4.10. The summed E-state index contributed by atoms with van der Waals surface area (Å²) in [6.45, 7) is 4.68. The fourth-order valence-electron chi connectivity index (χ4n) is 2.20. The molecule has 1 aliphatic rings. The number of nitrogens with two attached hydrogens (primary N) is 1. The molecule has 0 aromatic heterocycles. The molecular formula is C16H25ClN2O3. The van der Waals surface area contributed by atoms with Crippen LogP contribution < -0.4 is 20.5 Å². The number of carbonyl (C=O) groups excluding carboxylic acids is 1. The molecule has 1 aromatic carbocycles. The lowest BCUT2D eigenvalue weighted by Crippen LogP contribution is -2.46. The second-order valence-electron chi connectivity index (χ2n) is 6.29. The largest absolute Gasteiger partial charge is 0.493 e. The molecule has 0 atom stereocenters. The molecule has 6 heteroatoms. The average molecular weight is 329 g/mol. The van der Waals surface area contributed by atoms with Gasteiger partial charge in [0.15, 0.2) is 11.5 Å². The van der Waals surface area contributed by atoms with Crippen LogP contribution in [0.5, 0.6) is 11.5 Å². The van der Waals surface area contributed by atoms with Crippen LogP contribution in [0.25, 0.3) is 0 Å². The van der Waals surface area contributed by atoms with Crippen LogP contribution in [0.1, 0.15) is 32.3 Å². The molecule has 22 heavy (non-hydrogen) atoms. The highest BCUT2D eigenvalue weighted by atomic mass is 35.5. The molecule has 3 N–H and O–H groups in total. The number of hydrogen-bond donors (Lipinski definition) is 2. The fraction of sp³-hybridized carbons (Fsp3) is 0.562. The minimum absolute atomic E-state index is 0. The summed E-state index contributed by atoms with van der Waals surface area (Å²) in [4.78, 5) is 11.9. The lowest BCUT2D eigenvalue weighted by atomic mass is 9.84. The first kappa shape index (κ1) is 18.6. The van der Waals surface area contributed by atoms with Gasteiger partial charge < -0.3 is 20.5 Å². The van der Waals surface area contributed by atoms with Gasteiger partial charge in [0.1, 0.15) is 0 Å². The van der Waals surface area contributed by atoms with Crippen molar-refractivity contribution in [3.05, 3.63) is 23.8 Å². The van der Waals surface area contributed by atoms with Crippen LogP contribution in [-0.2, 0) is 10.2 Å². The summed E-state index contributed by atoms with van der Waals surface area (Å²) >= 11 is 0. The van der Waals surface area contributed by atoms with Crippen molar-refractivity contribution in [1.82, 2.24) is 5.32 Å². The molecule has 1 amide bonds. The van der Waals surface area contributed by atoms with Gasteiger partial charge in [-0.15, -0.1) is 12.4 Å². The van der Waals surface area contributed by atoms with Crippen molar-refractivity contribution in [2.45, 2.75) is 37.6 Å². The van der Waals surface area contributed by atoms with Crippen molar-refractivity contribution in [3.8, 4) is 11.5 Å². The SMILES string of the molecule is COc1ccc(C(C)(C)CNC(=O)C2(N)CC2)cc1OC.Cl. The number of rotatable bonds is 6. The van der Waals surface area contributed by atoms with E-state index in [2.05, 4.69) is 19.2 Å². The van der Waals surface area contributed by atoms with Crippen LogP contribution in [0.15, 0.2) is 18.2 Å². The maximum Gasteiger partial charge on any atom is 0.240 e. The van der Waals surface area contributed by atoms with E-state index >= 15 is 0 Å². The Morgan fingerprint density at radius 1 is 1.27 bits per heavy atom. The Labute approximate surface area is 138 Å². The van der Waals surface area contributed by atoms with Crippen molar-refractivity contribution in [1.29, 1.82) is 0 Å². The summed E-state index contributed by atoms with van der Waals surface area (Å²) in [5.41, 5.74) is 6.11. The smallest absolute Gasteiger partial charge is 0.240 e. The molecule has 0 bridgehead atoms. The van der Waals surface area contributed by atoms with Crippen LogP contribution in [0.3, 0.4) is 0 Å². The number of ether oxygens (including phenoxy) is 2. The number of carbonyl (C=O) groups is 1. The van der Waals surface area contributed by atoms with Gasteiger partial charge in [-0.05, 0) is 30.5 Å². The Hall–Kier alpha value is -1.46. The first-order valence-corrected chi connectivity index (χ1v) is 7.12. The van der Waals surface area contributed by atoms with Gasteiger partial charge in [-0.1, -0.05) is 19.9 Å². The molecule has 0 heterocycles. The maximum atomic E-state index is 11.9. The highest BCUT2D eigenvalue weighted by molar-refractivity contribution is 5.89. The monoisotopic (exact) mass is 328 g/mol. The van der Waals surface area contributed by atoms with E-state index in [4.69, 9.17) is 15.2 Å². The van der Waals surface area contributed by atoms with Gasteiger partial charge in [-0.25, -0.2) is 0 Å². The molecule has 0 aliphatic heterocycles. The Morgan fingerprint density at radius 2 is 1.86 bits per heavy atom. The Bertz CT molecular complexity index is 542. The van der Waals surface area contributed by atoms with E-state index in [0.717, 1.165) is 18.4 Å². The molecule has 2 rings (SSSR count). The summed E-state index contributed by atoms with van der Waals surface area (Å²) < 4.78 is 10.6. The second-order valence-corrected chi connectivity index (χ2v) is 6.29. The first-order valence-electron chi connectivity index (χ1n) is 7.12. The van der Waals surface area contributed by atoms with Gasteiger partial charge in [0.25, 0.3) is 0 Å². The van der Waals surface area contributed by atoms with Gasteiger partial charge in [0.05, 0.1) is 19.8 Å². The molecule has 5 nitrogen and oxygen atoms in total. The molecule has 124 valence electrons. The third kappa shape index (κ3) is 3.84. The summed E-state index contributed by atoms with van der Waals surface area (Å²) in [5, 5.41) is 2.95. The van der Waals surface area contributed by atoms with Crippen LogP contribution >= 0.6 is 12.4 Å². The Balaban J connectivity index is 0.00000242. The summed E-state index contributed by atoms with van der Waals surface area (Å²) in [5.74, 6) is 1.32. The molecule has 1 fully saturated rings. The van der Waals surface area contributed by atoms with E-state index < -0.39 is 5.54 Å². The average Bonchev–Trinajstić information content (AvgIpc) is 3.23. The van der Waals surface area contributed by atoms with Crippen molar-refractivity contribution in [3.63, 3.8) is 0 Å². The molecular weight excluding hydrogens is 304 g/mol. The molecule has 1 saturated carbocycles. The Kier molecular flexibility index (Phi) is 5.70.